The fourth-order valence-electron chi connectivity index (χ4n) is 3.79. The summed E-state index contributed by atoms with van der Waals surface area (Å²) in [6, 6.07) is 20.3. The highest BCUT2D eigenvalue weighted by Crippen LogP contribution is 2.43. The maximum Gasteiger partial charge on any atom is 0.0684 e. The van der Waals surface area contributed by atoms with Crippen LogP contribution in [0.2, 0.25) is 0 Å². The van der Waals surface area contributed by atoms with Gasteiger partial charge in [0.2, 0.25) is 0 Å². The Labute approximate surface area is 141 Å². The van der Waals surface area contributed by atoms with Crippen molar-refractivity contribution in [2.75, 3.05) is 11.5 Å². The molecule has 1 aliphatic rings. The van der Waals surface area contributed by atoms with Crippen molar-refractivity contribution in [3.8, 4) is 0 Å². The summed E-state index contributed by atoms with van der Waals surface area (Å²) in [5.41, 5.74) is 20.6. The van der Waals surface area contributed by atoms with Crippen molar-refractivity contribution in [3.05, 3.63) is 94.0 Å². The molecule has 120 valence electrons. The van der Waals surface area contributed by atoms with E-state index in [0.29, 0.717) is 0 Å². The number of nitrogen functional groups attached to an aromatic ring is 2. The summed E-state index contributed by atoms with van der Waals surface area (Å²) in [5.74, 6) is 0.0910. The molecule has 0 radical (unpaired) electrons. The molecule has 0 unspecified atom stereocenters. The van der Waals surface area contributed by atoms with Crippen LogP contribution in [0.1, 0.15) is 39.3 Å². The van der Waals surface area contributed by atoms with Gasteiger partial charge in [-0.3, -0.25) is 0 Å². The third-order valence-corrected chi connectivity index (χ3v) is 4.87. The molecule has 5 N–H and O–H groups in total. The van der Waals surface area contributed by atoms with Crippen LogP contribution in [0.4, 0.5) is 11.4 Å². The lowest BCUT2D eigenvalue weighted by Gasteiger charge is -2.30. The van der Waals surface area contributed by atoms with Gasteiger partial charge in [0.15, 0.2) is 0 Å². The van der Waals surface area contributed by atoms with Gasteiger partial charge in [-0.2, -0.15) is 0 Å². The van der Waals surface area contributed by atoms with Crippen molar-refractivity contribution in [2.45, 2.75) is 18.9 Å². The van der Waals surface area contributed by atoms with Crippen LogP contribution in [-0.4, -0.2) is 5.11 Å². The number of fused-ring (bicyclic) bond motifs is 2. The van der Waals surface area contributed by atoms with Gasteiger partial charge in [0, 0.05) is 17.3 Å². The Kier molecular flexibility index (Phi) is 3.51. The molecule has 0 saturated heterocycles. The number of hydrogen-bond donors (Lipinski definition) is 3. The minimum Gasteiger partial charge on any atom is -0.399 e. The second-order valence-corrected chi connectivity index (χ2v) is 6.38. The Morgan fingerprint density at radius 1 is 0.792 bits per heavy atom. The summed E-state index contributed by atoms with van der Waals surface area (Å²) in [4.78, 5) is 0. The van der Waals surface area contributed by atoms with Crippen LogP contribution in [0.3, 0.4) is 0 Å². The molecule has 3 heteroatoms. The Morgan fingerprint density at radius 3 is 1.96 bits per heavy atom. The van der Waals surface area contributed by atoms with Crippen molar-refractivity contribution in [1.29, 1.82) is 0 Å². The molecule has 4 rings (SSSR count). The van der Waals surface area contributed by atoms with Gasteiger partial charge < -0.3 is 16.6 Å². The predicted molar refractivity (Wildman–Crippen MR) is 97.8 cm³/mol. The van der Waals surface area contributed by atoms with Crippen LogP contribution < -0.4 is 11.5 Å². The van der Waals surface area contributed by atoms with E-state index < -0.39 is 0 Å². The lowest BCUT2D eigenvalue weighted by molar-refractivity contribution is 0.280. The van der Waals surface area contributed by atoms with Crippen LogP contribution in [0.25, 0.3) is 0 Å². The highest BCUT2D eigenvalue weighted by Gasteiger charge is 2.28. The molecule has 0 aliphatic heterocycles. The zero-order valence-electron chi connectivity index (χ0n) is 13.4. The van der Waals surface area contributed by atoms with Crippen LogP contribution in [-0.2, 0) is 13.0 Å². The Balaban J connectivity index is 1.99. The standard InChI is InChI=1S/C21H20N2O/c22-16-5-7-19-14(10-16)9-15-11-17(23)6-8-20(15)21(19)18-4-2-1-3-13(18)12-24/h1-8,10-11,21,24H,9,12,22-23H2. The number of rotatable bonds is 2. The Hall–Kier alpha value is -2.78. The number of anilines is 2. The van der Waals surface area contributed by atoms with E-state index in [0.717, 1.165) is 28.9 Å². The highest BCUT2D eigenvalue weighted by molar-refractivity contribution is 5.61. The molecule has 3 aromatic carbocycles. The lowest BCUT2D eigenvalue weighted by Crippen LogP contribution is -2.17. The summed E-state index contributed by atoms with van der Waals surface area (Å²) < 4.78 is 0. The van der Waals surface area contributed by atoms with Gasteiger partial charge in [0.1, 0.15) is 0 Å². The van der Waals surface area contributed by atoms with Crippen LogP contribution in [0, 0.1) is 0 Å². The van der Waals surface area contributed by atoms with Gasteiger partial charge in [0.05, 0.1) is 6.61 Å². The van der Waals surface area contributed by atoms with Crippen LogP contribution >= 0.6 is 0 Å². The highest BCUT2D eigenvalue weighted by atomic mass is 16.3. The monoisotopic (exact) mass is 316 g/mol. The van der Waals surface area contributed by atoms with E-state index in [4.69, 9.17) is 11.5 Å². The molecule has 24 heavy (non-hydrogen) atoms. The van der Waals surface area contributed by atoms with Crippen molar-refractivity contribution in [2.24, 2.45) is 0 Å². The van der Waals surface area contributed by atoms with E-state index in [1.165, 1.54) is 22.3 Å². The molecule has 0 fully saturated rings. The molecule has 3 aromatic rings. The topological polar surface area (TPSA) is 72.3 Å². The van der Waals surface area contributed by atoms with E-state index in [1.807, 2.05) is 30.3 Å². The smallest absolute Gasteiger partial charge is 0.0684 e. The lowest BCUT2D eigenvalue weighted by atomic mass is 9.73. The SMILES string of the molecule is Nc1ccc2c(c1)Cc1cc(N)ccc1C2c1ccccc1CO. The fraction of sp³-hybridized carbons (Fsp3) is 0.143. The second-order valence-electron chi connectivity index (χ2n) is 6.38. The predicted octanol–water partition coefficient (Wildman–Crippen LogP) is 3.43. The number of nitrogens with two attached hydrogens (primary N) is 2. The molecule has 0 bridgehead atoms. The summed E-state index contributed by atoms with van der Waals surface area (Å²) in [5, 5.41) is 9.79. The number of hydrogen-bond acceptors (Lipinski definition) is 3. The normalized spacial score (nSPS) is 13.4. The van der Waals surface area contributed by atoms with E-state index >= 15 is 0 Å². The molecule has 0 amide bonds. The molecule has 0 saturated carbocycles. The van der Waals surface area contributed by atoms with E-state index in [1.54, 1.807) is 0 Å². The maximum atomic E-state index is 9.79. The van der Waals surface area contributed by atoms with Crippen LogP contribution in [0.15, 0.2) is 60.7 Å². The number of aliphatic hydroxyl groups excluding tert-OH is 1. The third kappa shape index (κ3) is 2.34. The average Bonchev–Trinajstić information content (AvgIpc) is 2.59. The minimum absolute atomic E-state index is 0.0291. The average molecular weight is 316 g/mol. The van der Waals surface area contributed by atoms with Crippen molar-refractivity contribution < 1.29 is 5.11 Å². The van der Waals surface area contributed by atoms with Gasteiger partial charge >= 0.3 is 0 Å². The van der Waals surface area contributed by atoms with E-state index in [9.17, 15) is 5.11 Å². The second kappa shape index (κ2) is 5.69. The first kappa shape index (κ1) is 14.8. The van der Waals surface area contributed by atoms with Gasteiger partial charge in [-0.25, -0.2) is 0 Å². The maximum absolute atomic E-state index is 9.79. The largest absolute Gasteiger partial charge is 0.399 e. The van der Waals surface area contributed by atoms with Gasteiger partial charge in [-0.15, -0.1) is 0 Å². The molecular formula is C21H20N2O. The zero-order chi connectivity index (χ0) is 16.7. The molecule has 1 aliphatic carbocycles. The first-order chi connectivity index (χ1) is 11.7. The quantitative estimate of drug-likeness (QED) is 0.496. The first-order valence-corrected chi connectivity index (χ1v) is 8.12. The number of benzene rings is 3. The van der Waals surface area contributed by atoms with Crippen LogP contribution in [0.5, 0.6) is 0 Å². The molecule has 0 spiro atoms. The minimum atomic E-state index is 0.0291. The molecular weight excluding hydrogens is 296 g/mol. The Bertz CT molecular complexity index is 866. The molecule has 0 atom stereocenters. The summed E-state index contributed by atoms with van der Waals surface area (Å²) in [7, 11) is 0. The van der Waals surface area contributed by atoms with Gasteiger partial charge in [0.25, 0.3) is 0 Å². The fourth-order valence-corrected chi connectivity index (χ4v) is 3.79. The third-order valence-electron chi connectivity index (χ3n) is 4.87. The summed E-state index contributed by atoms with van der Waals surface area (Å²) >= 11 is 0. The molecule has 3 nitrogen and oxygen atoms in total. The van der Waals surface area contributed by atoms with Crippen molar-refractivity contribution in [1.82, 2.24) is 0 Å². The van der Waals surface area contributed by atoms with Gasteiger partial charge in [-0.05, 0) is 64.1 Å². The molecule has 0 heterocycles. The van der Waals surface area contributed by atoms with Crippen molar-refractivity contribution >= 4 is 11.4 Å². The van der Waals surface area contributed by atoms with Crippen molar-refractivity contribution in [3.63, 3.8) is 0 Å². The first-order valence-electron chi connectivity index (χ1n) is 8.12. The summed E-state index contributed by atoms with van der Waals surface area (Å²) in [6.07, 6.45) is 0.832. The van der Waals surface area contributed by atoms with E-state index in [2.05, 4.69) is 30.3 Å². The Morgan fingerprint density at radius 2 is 1.38 bits per heavy atom. The number of aliphatic hydroxyl groups is 1. The zero-order valence-corrected chi connectivity index (χ0v) is 13.4. The van der Waals surface area contributed by atoms with E-state index in [-0.39, 0.29) is 12.5 Å². The summed E-state index contributed by atoms with van der Waals surface area (Å²) in [6.45, 7) is 0.0291. The van der Waals surface area contributed by atoms with Gasteiger partial charge in [-0.1, -0.05) is 36.4 Å². The molecule has 0 aromatic heterocycles.